The van der Waals surface area contributed by atoms with E-state index >= 15 is 0 Å². The van der Waals surface area contributed by atoms with Gasteiger partial charge in [0.05, 0.1) is 15.8 Å². The first kappa shape index (κ1) is 16.3. The predicted molar refractivity (Wildman–Crippen MR) is 90.6 cm³/mol. The van der Waals surface area contributed by atoms with Gasteiger partial charge in [0.2, 0.25) is 5.01 Å². The number of benzene rings is 2. The van der Waals surface area contributed by atoms with Crippen LogP contribution < -0.4 is 0 Å². The van der Waals surface area contributed by atoms with Crippen molar-refractivity contribution in [3.63, 3.8) is 0 Å². The summed E-state index contributed by atoms with van der Waals surface area (Å²) >= 11 is 1.23. The fraction of sp³-hybridized carbons (Fsp3) is 0.0556. The molecule has 0 saturated carbocycles. The molecule has 26 heavy (non-hydrogen) atoms. The van der Waals surface area contributed by atoms with Crippen molar-refractivity contribution in [3.05, 3.63) is 70.9 Å². The van der Waals surface area contributed by atoms with E-state index in [1.165, 1.54) is 23.5 Å². The topological polar surface area (TPSA) is 65.2 Å². The van der Waals surface area contributed by atoms with Crippen molar-refractivity contribution in [3.8, 4) is 11.3 Å². The van der Waals surface area contributed by atoms with Crippen molar-refractivity contribution in [2.24, 2.45) is 0 Å². The molecule has 0 unspecified atom stereocenters. The lowest BCUT2D eigenvalue weighted by Gasteiger charge is -1.98. The molecule has 0 N–H and O–H groups in total. The van der Waals surface area contributed by atoms with Gasteiger partial charge in [-0.2, -0.15) is 0 Å². The van der Waals surface area contributed by atoms with E-state index in [9.17, 15) is 13.6 Å². The summed E-state index contributed by atoms with van der Waals surface area (Å²) in [6.45, 7) is -0.152. The molecule has 130 valence electrons. The molecule has 2 aromatic heterocycles. The third-order valence-electron chi connectivity index (χ3n) is 3.58. The van der Waals surface area contributed by atoms with Crippen LogP contribution >= 0.6 is 11.3 Å². The molecule has 0 atom stereocenters. The number of rotatable bonds is 4. The first-order valence-corrected chi connectivity index (χ1v) is 8.35. The Labute approximate surface area is 149 Å². The van der Waals surface area contributed by atoms with Gasteiger partial charge in [0.15, 0.2) is 5.76 Å². The van der Waals surface area contributed by atoms with E-state index in [0.717, 1.165) is 22.3 Å². The number of ether oxygens (including phenoxy) is 1. The SMILES string of the molecule is O=C(OCc1cc(-c2ccc(F)cc2F)on1)c1nc2ccccc2s1. The fourth-order valence-electron chi connectivity index (χ4n) is 2.36. The van der Waals surface area contributed by atoms with E-state index in [1.807, 2.05) is 24.3 Å². The number of fused-ring (bicyclic) bond motifs is 1. The Morgan fingerprint density at radius 2 is 2.00 bits per heavy atom. The van der Waals surface area contributed by atoms with Gasteiger partial charge in [-0.05, 0) is 24.3 Å². The Morgan fingerprint density at radius 1 is 1.15 bits per heavy atom. The molecule has 0 aliphatic heterocycles. The standard InChI is InChI=1S/C18H10F2N2O3S/c19-10-5-6-12(13(20)7-10)15-8-11(22-25-15)9-24-18(23)17-21-14-3-1-2-4-16(14)26-17/h1-8H,9H2. The van der Waals surface area contributed by atoms with Crippen LogP contribution in [0.5, 0.6) is 0 Å². The molecule has 4 aromatic rings. The third-order valence-corrected chi connectivity index (χ3v) is 4.59. The van der Waals surface area contributed by atoms with Gasteiger partial charge in [0.1, 0.15) is 23.9 Å². The summed E-state index contributed by atoms with van der Waals surface area (Å²) in [5.41, 5.74) is 1.10. The van der Waals surface area contributed by atoms with Crippen LogP contribution in [0.4, 0.5) is 8.78 Å². The van der Waals surface area contributed by atoms with Crippen molar-refractivity contribution < 1.29 is 22.8 Å². The normalized spacial score (nSPS) is 11.0. The highest BCUT2D eigenvalue weighted by atomic mass is 32.1. The lowest BCUT2D eigenvalue weighted by atomic mass is 10.1. The molecule has 5 nitrogen and oxygen atoms in total. The summed E-state index contributed by atoms with van der Waals surface area (Å²) < 4.78 is 37.8. The van der Waals surface area contributed by atoms with Crippen LogP contribution in [0.1, 0.15) is 15.5 Å². The van der Waals surface area contributed by atoms with E-state index in [2.05, 4.69) is 10.1 Å². The van der Waals surface area contributed by atoms with Crippen LogP contribution in [0, 0.1) is 11.6 Å². The highest BCUT2D eigenvalue weighted by molar-refractivity contribution is 7.20. The summed E-state index contributed by atoms with van der Waals surface area (Å²) in [6.07, 6.45) is 0. The summed E-state index contributed by atoms with van der Waals surface area (Å²) in [7, 11) is 0. The van der Waals surface area contributed by atoms with Crippen molar-refractivity contribution >= 4 is 27.5 Å². The Balaban J connectivity index is 1.46. The minimum atomic E-state index is -0.765. The minimum absolute atomic E-state index is 0.0719. The smallest absolute Gasteiger partial charge is 0.367 e. The zero-order valence-corrected chi connectivity index (χ0v) is 13.9. The molecule has 8 heteroatoms. The minimum Gasteiger partial charge on any atom is -0.454 e. The molecule has 0 fully saturated rings. The Kier molecular flexibility index (Phi) is 4.18. The summed E-state index contributed by atoms with van der Waals surface area (Å²) in [6, 6.07) is 11.9. The van der Waals surface area contributed by atoms with Crippen molar-refractivity contribution in [1.82, 2.24) is 10.1 Å². The Bertz CT molecular complexity index is 1070. The molecular formula is C18H10F2N2O3S. The number of esters is 1. The van der Waals surface area contributed by atoms with Gasteiger partial charge in [-0.1, -0.05) is 17.3 Å². The Morgan fingerprint density at radius 3 is 2.81 bits per heavy atom. The van der Waals surface area contributed by atoms with Crippen LogP contribution in [-0.2, 0) is 11.3 Å². The molecule has 2 aromatic carbocycles. The van der Waals surface area contributed by atoms with E-state index < -0.39 is 17.6 Å². The van der Waals surface area contributed by atoms with E-state index in [1.54, 1.807) is 0 Å². The van der Waals surface area contributed by atoms with Crippen LogP contribution in [0.3, 0.4) is 0 Å². The van der Waals surface area contributed by atoms with Gasteiger partial charge >= 0.3 is 5.97 Å². The van der Waals surface area contributed by atoms with Crippen LogP contribution in [0.25, 0.3) is 21.5 Å². The highest BCUT2D eigenvalue weighted by Gasteiger charge is 2.16. The molecule has 0 amide bonds. The molecule has 0 spiro atoms. The lowest BCUT2D eigenvalue weighted by molar-refractivity contribution is 0.0464. The molecule has 0 aliphatic rings. The van der Waals surface area contributed by atoms with Gasteiger partial charge < -0.3 is 9.26 Å². The van der Waals surface area contributed by atoms with Gasteiger partial charge in [-0.3, -0.25) is 0 Å². The van der Waals surface area contributed by atoms with Crippen LogP contribution in [-0.4, -0.2) is 16.1 Å². The van der Waals surface area contributed by atoms with E-state index in [-0.39, 0.29) is 22.9 Å². The first-order valence-electron chi connectivity index (χ1n) is 7.54. The third kappa shape index (κ3) is 3.18. The second-order valence-corrected chi connectivity index (χ2v) is 6.40. The number of para-hydroxylation sites is 1. The summed E-state index contributed by atoms with van der Waals surface area (Å²) in [5, 5.41) is 3.97. The number of hydrogen-bond acceptors (Lipinski definition) is 6. The predicted octanol–water partition coefficient (Wildman–Crippen LogP) is 4.59. The number of nitrogens with zero attached hydrogens (tertiary/aromatic N) is 2. The number of carbonyl (C=O) groups is 1. The molecule has 0 bridgehead atoms. The molecule has 0 aliphatic carbocycles. The number of aromatic nitrogens is 2. The van der Waals surface area contributed by atoms with Crippen molar-refractivity contribution in [1.29, 1.82) is 0 Å². The van der Waals surface area contributed by atoms with Gasteiger partial charge in [-0.25, -0.2) is 18.6 Å². The molecule has 0 saturated heterocycles. The molecular weight excluding hydrogens is 362 g/mol. The maximum Gasteiger partial charge on any atom is 0.367 e. The summed E-state index contributed by atoms with van der Waals surface area (Å²) in [5.74, 6) is -1.91. The lowest BCUT2D eigenvalue weighted by Crippen LogP contribution is -2.04. The highest BCUT2D eigenvalue weighted by Crippen LogP contribution is 2.25. The Hall–Kier alpha value is -3.13. The maximum atomic E-state index is 13.8. The zero-order valence-electron chi connectivity index (χ0n) is 13.1. The molecule has 4 rings (SSSR count). The van der Waals surface area contributed by atoms with Gasteiger partial charge in [-0.15, -0.1) is 11.3 Å². The van der Waals surface area contributed by atoms with Crippen molar-refractivity contribution in [2.45, 2.75) is 6.61 Å². The average molecular weight is 372 g/mol. The zero-order chi connectivity index (χ0) is 18.1. The van der Waals surface area contributed by atoms with Gasteiger partial charge in [0, 0.05) is 12.1 Å². The maximum absolute atomic E-state index is 13.8. The number of thiazole rings is 1. The first-order chi connectivity index (χ1) is 12.6. The largest absolute Gasteiger partial charge is 0.454 e. The summed E-state index contributed by atoms with van der Waals surface area (Å²) in [4.78, 5) is 16.3. The number of hydrogen-bond donors (Lipinski definition) is 0. The van der Waals surface area contributed by atoms with Crippen LogP contribution in [0.15, 0.2) is 53.1 Å². The monoisotopic (exact) mass is 372 g/mol. The number of carbonyl (C=O) groups excluding carboxylic acids is 1. The molecule has 0 radical (unpaired) electrons. The van der Waals surface area contributed by atoms with Gasteiger partial charge in [0.25, 0.3) is 0 Å². The average Bonchev–Trinajstić information content (AvgIpc) is 3.26. The quantitative estimate of drug-likeness (QED) is 0.490. The molecule has 2 heterocycles. The van der Waals surface area contributed by atoms with E-state index in [4.69, 9.17) is 9.26 Å². The number of halogens is 2. The van der Waals surface area contributed by atoms with Crippen LogP contribution in [0.2, 0.25) is 0 Å². The van der Waals surface area contributed by atoms with E-state index in [0.29, 0.717) is 5.69 Å². The second kappa shape index (κ2) is 6.64. The fourth-order valence-corrected chi connectivity index (χ4v) is 3.22. The second-order valence-electron chi connectivity index (χ2n) is 5.37. The van der Waals surface area contributed by atoms with Crippen molar-refractivity contribution in [2.75, 3.05) is 0 Å².